The summed E-state index contributed by atoms with van der Waals surface area (Å²) in [5, 5.41) is 23.0. The van der Waals surface area contributed by atoms with Crippen LogP contribution in [0.15, 0.2) is 18.2 Å². The van der Waals surface area contributed by atoms with Crippen LogP contribution in [0.5, 0.6) is 0 Å². The first-order valence-corrected chi connectivity index (χ1v) is 5.20. The Morgan fingerprint density at radius 2 is 2.25 bits per heavy atom. The normalized spacial score (nSPS) is 16.9. The molecule has 2 N–H and O–H groups in total. The van der Waals surface area contributed by atoms with Gasteiger partial charge in [0.05, 0.1) is 17.1 Å². The summed E-state index contributed by atoms with van der Waals surface area (Å²) in [5.74, 6) is 0. The third-order valence-electron chi connectivity index (χ3n) is 2.98. The molecule has 1 aliphatic rings. The van der Waals surface area contributed by atoms with Crippen LogP contribution in [0.1, 0.15) is 18.4 Å². The lowest BCUT2D eigenvalue weighted by Crippen LogP contribution is -2.25. The summed E-state index contributed by atoms with van der Waals surface area (Å²) in [7, 11) is 0. The van der Waals surface area contributed by atoms with Gasteiger partial charge in [-0.05, 0) is 31.4 Å². The summed E-state index contributed by atoms with van der Waals surface area (Å²) < 4.78 is 0. The summed E-state index contributed by atoms with van der Waals surface area (Å²) in [6.07, 6.45) is 1.89. The molecular weight excluding hydrogens is 208 g/mol. The Labute approximate surface area is 93.2 Å². The molecule has 5 heteroatoms. The van der Waals surface area contributed by atoms with Gasteiger partial charge in [-0.1, -0.05) is 0 Å². The predicted molar refractivity (Wildman–Crippen MR) is 60.5 cm³/mol. The third kappa shape index (κ3) is 1.99. The van der Waals surface area contributed by atoms with Crippen molar-refractivity contribution in [3.63, 3.8) is 0 Å². The Morgan fingerprint density at radius 1 is 1.56 bits per heavy atom. The van der Waals surface area contributed by atoms with E-state index < -0.39 is 4.92 Å². The number of anilines is 1. The average molecular weight is 222 g/mol. The van der Waals surface area contributed by atoms with Gasteiger partial charge in [-0.15, -0.1) is 0 Å². The van der Waals surface area contributed by atoms with E-state index >= 15 is 0 Å². The highest BCUT2D eigenvalue weighted by atomic mass is 16.6. The van der Waals surface area contributed by atoms with Crippen LogP contribution in [0.25, 0.3) is 0 Å². The van der Waals surface area contributed by atoms with E-state index in [4.69, 9.17) is 0 Å². The number of non-ortho nitro benzene ring substituents is 1. The van der Waals surface area contributed by atoms with Crippen molar-refractivity contribution in [2.24, 2.45) is 0 Å². The van der Waals surface area contributed by atoms with Crippen molar-refractivity contribution in [2.45, 2.75) is 25.3 Å². The number of nitrogens with one attached hydrogen (secondary N) is 1. The molecule has 5 nitrogen and oxygen atoms in total. The van der Waals surface area contributed by atoms with Gasteiger partial charge < -0.3 is 10.4 Å². The van der Waals surface area contributed by atoms with E-state index in [-0.39, 0.29) is 17.8 Å². The zero-order valence-electron chi connectivity index (χ0n) is 9.06. The van der Waals surface area contributed by atoms with E-state index in [1.54, 1.807) is 6.07 Å². The minimum absolute atomic E-state index is 0.0943. The first kappa shape index (κ1) is 10.9. The number of aliphatic hydroxyl groups is 1. The number of nitrogens with zero attached hydrogens (tertiary/aromatic N) is 1. The number of aryl methyl sites for hydroxylation is 1. The fourth-order valence-electron chi connectivity index (χ4n) is 1.66. The second-order valence-electron chi connectivity index (χ2n) is 4.32. The van der Waals surface area contributed by atoms with Crippen molar-refractivity contribution in [2.75, 3.05) is 11.9 Å². The highest BCUT2D eigenvalue weighted by molar-refractivity contribution is 5.57. The molecule has 0 atom stereocenters. The molecule has 0 saturated heterocycles. The predicted octanol–water partition coefficient (Wildman–Crippen LogP) is 1.84. The molecule has 0 spiro atoms. The molecule has 0 amide bonds. The first-order chi connectivity index (χ1) is 7.56. The van der Waals surface area contributed by atoms with Crippen LogP contribution < -0.4 is 5.32 Å². The monoisotopic (exact) mass is 222 g/mol. The van der Waals surface area contributed by atoms with E-state index in [0.717, 1.165) is 24.1 Å². The number of nitro groups is 1. The SMILES string of the molecule is Cc1cc([N+](=O)[O-])ccc1NC1(CO)CC1. The maximum atomic E-state index is 10.6. The number of rotatable bonds is 4. The molecule has 0 radical (unpaired) electrons. The molecule has 2 rings (SSSR count). The van der Waals surface area contributed by atoms with Crippen molar-refractivity contribution in [3.8, 4) is 0 Å². The second kappa shape index (κ2) is 3.75. The van der Waals surface area contributed by atoms with Crippen LogP contribution in [-0.2, 0) is 0 Å². The Bertz CT molecular complexity index is 427. The van der Waals surface area contributed by atoms with Crippen LogP contribution in [0.3, 0.4) is 0 Å². The highest BCUT2D eigenvalue weighted by Gasteiger charge is 2.42. The fourth-order valence-corrected chi connectivity index (χ4v) is 1.66. The van der Waals surface area contributed by atoms with E-state index in [1.165, 1.54) is 12.1 Å². The second-order valence-corrected chi connectivity index (χ2v) is 4.32. The maximum absolute atomic E-state index is 10.6. The molecule has 1 aromatic carbocycles. The zero-order chi connectivity index (χ0) is 11.8. The van der Waals surface area contributed by atoms with Crippen molar-refractivity contribution in [3.05, 3.63) is 33.9 Å². The van der Waals surface area contributed by atoms with Crippen molar-refractivity contribution >= 4 is 11.4 Å². The summed E-state index contributed by atoms with van der Waals surface area (Å²) in [6, 6.07) is 4.71. The Balaban J connectivity index is 2.20. The molecule has 1 aromatic rings. The molecule has 0 aromatic heterocycles. The number of nitro benzene ring substituents is 1. The molecule has 1 saturated carbocycles. The molecule has 0 bridgehead atoms. The maximum Gasteiger partial charge on any atom is 0.269 e. The van der Waals surface area contributed by atoms with Gasteiger partial charge in [0.2, 0.25) is 0 Å². The van der Waals surface area contributed by atoms with Gasteiger partial charge in [0.1, 0.15) is 0 Å². The molecule has 86 valence electrons. The molecule has 0 heterocycles. The van der Waals surface area contributed by atoms with Gasteiger partial charge in [0.15, 0.2) is 0 Å². The molecule has 1 fully saturated rings. The van der Waals surface area contributed by atoms with Crippen LogP contribution in [0.2, 0.25) is 0 Å². The molecule has 16 heavy (non-hydrogen) atoms. The van der Waals surface area contributed by atoms with Crippen molar-refractivity contribution in [1.82, 2.24) is 0 Å². The van der Waals surface area contributed by atoms with Gasteiger partial charge in [-0.2, -0.15) is 0 Å². The van der Waals surface area contributed by atoms with Gasteiger partial charge >= 0.3 is 0 Å². The summed E-state index contributed by atoms with van der Waals surface area (Å²) in [6.45, 7) is 1.92. The lowest BCUT2D eigenvalue weighted by atomic mass is 10.1. The van der Waals surface area contributed by atoms with Crippen molar-refractivity contribution < 1.29 is 10.0 Å². The lowest BCUT2D eigenvalue weighted by molar-refractivity contribution is -0.384. The lowest BCUT2D eigenvalue weighted by Gasteiger charge is -2.17. The zero-order valence-corrected chi connectivity index (χ0v) is 9.06. The largest absolute Gasteiger partial charge is 0.394 e. The fraction of sp³-hybridized carbons (Fsp3) is 0.455. The van der Waals surface area contributed by atoms with Gasteiger partial charge in [0, 0.05) is 17.8 Å². The summed E-state index contributed by atoms with van der Waals surface area (Å²) in [5.41, 5.74) is 1.59. The van der Waals surface area contributed by atoms with Crippen LogP contribution in [-0.4, -0.2) is 22.2 Å². The van der Waals surface area contributed by atoms with E-state index in [1.807, 2.05) is 6.92 Å². The van der Waals surface area contributed by atoms with Crippen LogP contribution >= 0.6 is 0 Å². The van der Waals surface area contributed by atoms with Gasteiger partial charge in [-0.3, -0.25) is 10.1 Å². The summed E-state index contributed by atoms with van der Waals surface area (Å²) in [4.78, 5) is 10.2. The molecular formula is C11H14N2O3. The smallest absolute Gasteiger partial charge is 0.269 e. The van der Waals surface area contributed by atoms with Crippen molar-refractivity contribution in [1.29, 1.82) is 0 Å². The minimum Gasteiger partial charge on any atom is -0.394 e. The topological polar surface area (TPSA) is 75.4 Å². The van der Waals surface area contributed by atoms with Gasteiger partial charge in [-0.25, -0.2) is 0 Å². The number of hydrogen-bond donors (Lipinski definition) is 2. The quantitative estimate of drug-likeness (QED) is 0.602. The Morgan fingerprint density at radius 3 is 2.69 bits per heavy atom. The van der Waals surface area contributed by atoms with Crippen LogP contribution in [0.4, 0.5) is 11.4 Å². The summed E-state index contributed by atoms with van der Waals surface area (Å²) >= 11 is 0. The van der Waals surface area contributed by atoms with E-state index in [2.05, 4.69) is 5.32 Å². The number of benzene rings is 1. The Kier molecular flexibility index (Phi) is 2.55. The number of aliphatic hydroxyl groups excluding tert-OH is 1. The highest BCUT2D eigenvalue weighted by Crippen LogP contribution is 2.39. The van der Waals surface area contributed by atoms with Crippen LogP contribution in [0, 0.1) is 17.0 Å². The Hall–Kier alpha value is -1.62. The molecule has 1 aliphatic carbocycles. The minimum atomic E-state index is -0.407. The van der Waals surface area contributed by atoms with Gasteiger partial charge in [0.25, 0.3) is 5.69 Å². The molecule has 0 aliphatic heterocycles. The first-order valence-electron chi connectivity index (χ1n) is 5.20. The van der Waals surface area contributed by atoms with E-state index in [9.17, 15) is 15.2 Å². The number of hydrogen-bond acceptors (Lipinski definition) is 4. The average Bonchev–Trinajstić information content (AvgIpc) is 3.01. The molecule has 0 unspecified atom stereocenters. The van der Waals surface area contributed by atoms with E-state index in [0.29, 0.717) is 0 Å². The standard InChI is InChI=1S/C11H14N2O3/c1-8-6-9(13(15)16)2-3-10(8)12-11(7-14)4-5-11/h2-3,6,12,14H,4-5,7H2,1H3. The third-order valence-corrected chi connectivity index (χ3v) is 2.98.